The fourth-order valence-corrected chi connectivity index (χ4v) is 1.83. The quantitative estimate of drug-likeness (QED) is 0.821. The Labute approximate surface area is 107 Å². The van der Waals surface area contributed by atoms with Crippen molar-refractivity contribution in [2.75, 3.05) is 18.1 Å². The number of nitrogens with zero attached hydrogens (tertiary/aromatic N) is 1. The normalized spacial score (nSPS) is 15.1. The molecule has 0 atom stereocenters. The third-order valence-electron chi connectivity index (χ3n) is 2.99. The van der Waals surface area contributed by atoms with Gasteiger partial charge in [0.15, 0.2) is 5.78 Å². The van der Waals surface area contributed by atoms with Crippen molar-refractivity contribution < 1.29 is 14.3 Å². The first-order valence-corrected chi connectivity index (χ1v) is 6.14. The van der Waals surface area contributed by atoms with E-state index in [1.54, 1.807) is 0 Å². The minimum absolute atomic E-state index is 0.0556. The summed E-state index contributed by atoms with van der Waals surface area (Å²) in [6.45, 7) is 4.17. The molecule has 0 unspecified atom stereocenters. The molecule has 96 valence electrons. The second-order valence-corrected chi connectivity index (χ2v) is 4.67. The van der Waals surface area contributed by atoms with Crippen molar-refractivity contribution in [2.24, 2.45) is 5.92 Å². The summed E-state index contributed by atoms with van der Waals surface area (Å²) in [5, 5.41) is 0. The Morgan fingerprint density at radius 3 is 2.83 bits per heavy atom. The van der Waals surface area contributed by atoms with Crippen LogP contribution in [0.25, 0.3) is 0 Å². The van der Waals surface area contributed by atoms with Crippen LogP contribution in [0.3, 0.4) is 0 Å². The van der Waals surface area contributed by atoms with Gasteiger partial charge in [0.1, 0.15) is 5.75 Å². The van der Waals surface area contributed by atoms with Gasteiger partial charge < -0.3 is 9.64 Å². The van der Waals surface area contributed by atoms with Gasteiger partial charge in [0.2, 0.25) is 5.91 Å². The number of rotatable bonds is 3. The topological polar surface area (TPSA) is 46.6 Å². The smallest absolute Gasteiger partial charge is 0.230 e. The number of amides is 1. The summed E-state index contributed by atoms with van der Waals surface area (Å²) in [7, 11) is 0. The van der Waals surface area contributed by atoms with Crippen molar-refractivity contribution in [3.8, 4) is 5.75 Å². The lowest BCUT2D eigenvalue weighted by Gasteiger charge is -2.21. The average Bonchev–Trinajstić information content (AvgIpc) is 2.50. The molecule has 0 bridgehead atoms. The van der Waals surface area contributed by atoms with Crippen LogP contribution in [0.1, 0.15) is 20.3 Å². The van der Waals surface area contributed by atoms with Crippen molar-refractivity contribution in [3.05, 3.63) is 24.3 Å². The first-order chi connectivity index (χ1) is 8.59. The van der Waals surface area contributed by atoms with E-state index in [4.69, 9.17) is 4.74 Å². The Hall–Kier alpha value is -1.84. The lowest BCUT2D eigenvalue weighted by Crippen LogP contribution is -2.36. The standard InChI is InChI=1S/C14H17NO3/c1-10(2)12(16)9-15-11-5-3-4-6-13(11)18-8-7-14(15)17/h3-6,10H,7-9H2,1-2H3. The number of fused-ring (bicyclic) bond motifs is 1. The Bertz CT molecular complexity index is 468. The molecule has 2 rings (SSSR count). The van der Waals surface area contributed by atoms with Crippen molar-refractivity contribution in [2.45, 2.75) is 20.3 Å². The van der Waals surface area contributed by atoms with E-state index >= 15 is 0 Å². The van der Waals surface area contributed by atoms with Crippen molar-refractivity contribution >= 4 is 17.4 Å². The van der Waals surface area contributed by atoms with Gasteiger partial charge in [-0.15, -0.1) is 0 Å². The molecule has 0 aliphatic carbocycles. The van der Waals surface area contributed by atoms with E-state index < -0.39 is 0 Å². The number of anilines is 1. The van der Waals surface area contributed by atoms with Crippen molar-refractivity contribution in [1.29, 1.82) is 0 Å². The van der Waals surface area contributed by atoms with Gasteiger partial charge in [0, 0.05) is 5.92 Å². The van der Waals surface area contributed by atoms with Gasteiger partial charge in [-0.1, -0.05) is 26.0 Å². The number of para-hydroxylation sites is 2. The summed E-state index contributed by atoms with van der Waals surface area (Å²) in [6, 6.07) is 7.33. The Balaban J connectivity index is 2.31. The summed E-state index contributed by atoms with van der Waals surface area (Å²) in [4.78, 5) is 25.4. The number of hydrogen-bond donors (Lipinski definition) is 0. The van der Waals surface area contributed by atoms with Gasteiger partial charge in [-0.2, -0.15) is 0 Å². The number of ketones is 1. The number of carbonyl (C=O) groups excluding carboxylic acids is 2. The molecule has 1 heterocycles. The fourth-order valence-electron chi connectivity index (χ4n) is 1.83. The van der Waals surface area contributed by atoms with Crippen LogP contribution < -0.4 is 9.64 Å². The predicted octanol–water partition coefficient (Wildman–Crippen LogP) is 2.03. The second kappa shape index (κ2) is 5.21. The average molecular weight is 247 g/mol. The van der Waals surface area contributed by atoms with Crippen molar-refractivity contribution in [3.63, 3.8) is 0 Å². The van der Waals surface area contributed by atoms with Crippen LogP contribution >= 0.6 is 0 Å². The van der Waals surface area contributed by atoms with E-state index in [1.807, 2.05) is 38.1 Å². The van der Waals surface area contributed by atoms with E-state index in [-0.39, 0.29) is 24.2 Å². The number of benzene rings is 1. The van der Waals surface area contributed by atoms with Gasteiger partial charge >= 0.3 is 0 Å². The lowest BCUT2D eigenvalue weighted by molar-refractivity contribution is -0.124. The Morgan fingerprint density at radius 1 is 1.39 bits per heavy atom. The maximum atomic E-state index is 12.0. The minimum Gasteiger partial charge on any atom is -0.491 e. The number of ether oxygens (including phenoxy) is 1. The summed E-state index contributed by atoms with van der Waals surface area (Å²) in [5.41, 5.74) is 0.689. The lowest BCUT2D eigenvalue weighted by atomic mass is 10.1. The van der Waals surface area contributed by atoms with Gasteiger partial charge in [0.25, 0.3) is 0 Å². The van der Waals surface area contributed by atoms with Gasteiger partial charge in [-0.25, -0.2) is 0 Å². The maximum absolute atomic E-state index is 12.0. The summed E-state index contributed by atoms with van der Waals surface area (Å²) in [5.74, 6) is 0.586. The predicted molar refractivity (Wildman–Crippen MR) is 68.8 cm³/mol. The number of hydrogen-bond acceptors (Lipinski definition) is 3. The Morgan fingerprint density at radius 2 is 2.11 bits per heavy atom. The molecular formula is C14H17NO3. The molecule has 0 radical (unpaired) electrons. The molecule has 1 aromatic carbocycles. The molecule has 1 aliphatic rings. The second-order valence-electron chi connectivity index (χ2n) is 4.67. The molecule has 0 aromatic heterocycles. The van der Waals surface area contributed by atoms with E-state index in [9.17, 15) is 9.59 Å². The van der Waals surface area contributed by atoms with Crippen molar-refractivity contribution in [1.82, 2.24) is 0 Å². The maximum Gasteiger partial charge on any atom is 0.230 e. The highest BCUT2D eigenvalue weighted by molar-refractivity contribution is 6.01. The molecule has 1 aliphatic heterocycles. The zero-order valence-corrected chi connectivity index (χ0v) is 10.7. The molecule has 0 spiro atoms. The first-order valence-electron chi connectivity index (χ1n) is 6.14. The van der Waals surface area contributed by atoms with Crippen LogP contribution in [0.4, 0.5) is 5.69 Å². The fraction of sp³-hybridized carbons (Fsp3) is 0.429. The summed E-state index contributed by atoms with van der Waals surface area (Å²) >= 11 is 0. The van der Waals surface area contributed by atoms with Crippen LogP contribution in [0.5, 0.6) is 5.75 Å². The SMILES string of the molecule is CC(C)C(=O)CN1C(=O)CCOc2ccccc21. The van der Waals surface area contributed by atoms with Gasteiger partial charge in [-0.3, -0.25) is 9.59 Å². The van der Waals surface area contributed by atoms with E-state index in [0.29, 0.717) is 24.5 Å². The molecule has 4 nitrogen and oxygen atoms in total. The summed E-state index contributed by atoms with van der Waals surface area (Å²) < 4.78 is 5.52. The highest BCUT2D eigenvalue weighted by atomic mass is 16.5. The minimum atomic E-state index is -0.0749. The molecule has 0 saturated carbocycles. The molecule has 1 aromatic rings. The monoisotopic (exact) mass is 247 g/mol. The zero-order chi connectivity index (χ0) is 13.1. The van der Waals surface area contributed by atoms with Crippen LogP contribution in [-0.2, 0) is 9.59 Å². The van der Waals surface area contributed by atoms with Gasteiger partial charge in [-0.05, 0) is 12.1 Å². The molecule has 4 heteroatoms. The third kappa shape index (κ3) is 2.53. The van der Waals surface area contributed by atoms with Crippen LogP contribution in [0, 0.1) is 5.92 Å². The molecule has 0 N–H and O–H groups in total. The zero-order valence-electron chi connectivity index (χ0n) is 10.7. The largest absolute Gasteiger partial charge is 0.491 e. The van der Waals surface area contributed by atoms with Crippen LogP contribution in [0.2, 0.25) is 0 Å². The molecule has 0 saturated heterocycles. The highest BCUT2D eigenvalue weighted by Crippen LogP contribution is 2.30. The van der Waals surface area contributed by atoms with E-state index in [2.05, 4.69) is 0 Å². The van der Waals surface area contributed by atoms with E-state index in [0.717, 1.165) is 0 Å². The molecular weight excluding hydrogens is 230 g/mol. The molecule has 0 fully saturated rings. The first kappa shape index (κ1) is 12.6. The van der Waals surface area contributed by atoms with Gasteiger partial charge in [0.05, 0.1) is 25.3 Å². The van der Waals surface area contributed by atoms with Crippen LogP contribution in [0.15, 0.2) is 24.3 Å². The summed E-state index contributed by atoms with van der Waals surface area (Å²) in [6.07, 6.45) is 0.306. The highest BCUT2D eigenvalue weighted by Gasteiger charge is 2.25. The van der Waals surface area contributed by atoms with Crippen LogP contribution in [-0.4, -0.2) is 24.8 Å². The molecule has 18 heavy (non-hydrogen) atoms. The number of carbonyl (C=O) groups is 2. The molecule has 1 amide bonds. The third-order valence-corrected chi connectivity index (χ3v) is 2.99. The Kier molecular flexibility index (Phi) is 3.65. The number of Topliss-reactive ketones (excluding diaryl/α,β-unsaturated/α-hetero) is 1. The van der Waals surface area contributed by atoms with E-state index in [1.165, 1.54) is 4.90 Å².